The molecule has 0 amide bonds. The van der Waals surface area contributed by atoms with Gasteiger partial charge >= 0.3 is 5.97 Å². The lowest BCUT2D eigenvalue weighted by Gasteiger charge is -2.38. The van der Waals surface area contributed by atoms with Crippen molar-refractivity contribution in [2.45, 2.75) is 46.0 Å². The van der Waals surface area contributed by atoms with Crippen LogP contribution in [0.1, 0.15) is 62.1 Å². The molecule has 2 aromatic rings. The van der Waals surface area contributed by atoms with E-state index in [1.54, 1.807) is 12.1 Å². The summed E-state index contributed by atoms with van der Waals surface area (Å²) in [6, 6.07) is 5.50. The fourth-order valence-corrected chi connectivity index (χ4v) is 4.02. The van der Waals surface area contributed by atoms with E-state index in [1.165, 1.54) is 20.0 Å². The highest BCUT2D eigenvalue weighted by Crippen LogP contribution is 2.45. The largest absolute Gasteiger partial charge is 0.465 e. The normalized spacial score (nSPS) is 24.4. The molecule has 118 valence electrons. The van der Waals surface area contributed by atoms with Crippen LogP contribution in [-0.4, -0.2) is 23.0 Å². The maximum Gasteiger partial charge on any atom is 0.337 e. The number of nitrogens with one attached hydrogen (secondary N) is 1. The lowest BCUT2D eigenvalue weighted by Crippen LogP contribution is -2.27. The molecule has 1 saturated carbocycles. The van der Waals surface area contributed by atoms with Crippen molar-refractivity contribution in [1.29, 1.82) is 0 Å². The first-order valence-electron chi connectivity index (χ1n) is 7.96. The van der Waals surface area contributed by atoms with Crippen LogP contribution in [0.25, 0.3) is 11.0 Å². The van der Waals surface area contributed by atoms with E-state index < -0.39 is 0 Å². The summed E-state index contributed by atoms with van der Waals surface area (Å²) in [6.07, 6.45) is 3.60. The maximum atomic E-state index is 11.6. The average molecular weight is 300 g/mol. The van der Waals surface area contributed by atoms with Gasteiger partial charge in [-0.3, -0.25) is 0 Å². The summed E-state index contributed by atoms with van der Waals surface area (Å²) < 4.78 is 4.77. The van der Waals surface area contributed by atoms with Crippen LogP contribution in [0.3, 0.4) is 0 Å². The molecule has 4 heteroatoms. The standard InChI is InChI=1S/C18H24N2O2/c1-11-7-13(10-18(2,3)9-11)16-19-14-6-5-12(17(21)22-4)8-15(14)20-16/h5-6,8,11,13H,7,9-10H2,1-4H3,(H,19,20)/t11-,13+/m1/s1. The summed E-state index contributed by atoms with van der Waals surface area (Å²) in [4.78, 5) is 19.8. The number of benzene rings is 1. The topological polar surface area (TPSA) is 55.0 Å². The van der Waals surface area contributed by atoms with Crippen molar-refractivity contribution in [2.24, 2.45) is 11.3 Å². The number of hydrogen-bond donors (Lipinski definition) is 1. The molecule has 1 aromatic carbocycles. The minimum atomic E-state index is -0.320. The van der Waals surface area contributed by atoms with Crippen LogP contribution in [-0.2, 0) is 4.74 Å². The second-order valence-corrected chi connectivity index (χ2v) is 7.46. The van der Waals surface area contributed by atoms with Crippen LogP contribution in [0.15, 0.2) is 18.2 Å². The third-order valence-electron chi connectivity index (χ3n) is 4.70. The predicted octanol–water partition coefficient (Wildman–Crippen LogP) is 4.28. The van der Waals surface area contributed by atoms with Gasteiger partial charge in [0.2, 0.25) is 0 Å². The monoisotopic (exact) mass is 300 g/mol. The van der Waals surface area contributed by atoms with Crippen LogP contribution >= 0.6 is 0 Å². The molecule has 2 atom stereocenters. The van der Waals surface area contributed by atoms with E-state index >= 15 is 0 Å². The van der Waals surface area contributed by atoms with E-state index in [0.717, 1.165) is 23.3 Å². The molecule has 1 aliphatic rings. The molecule has 1 N–H and O–H groups in total. The zero-order valence-electron chi connectivity index (χ0n) is 13.8. The quantitative estimate of drug-likeness (QED) is 0.842. The summed E-state index contributed by atoms with van der Waals surface area (Å²) in [5.41, 5.74) is 2.73. The van der Waals surface area contributed by atoms with Crippen LogP contribution in [0.5, 0.6) is 0 Å². The number of carbonyl (C=O) groups excluding carboxylic acids is 1. The van der Waals surface area contributed by atoms with Gasteiger partial charge in [-0.25, -0.2) is 9.78 Å². The average Bonchev–Trinajstić information content (AvgIpc) is 2.87. The third kappa shape index (κ3) is 2.87. The minimum Gasteiger partial charge on any atom is -0.465 e. The van der Waals surface area contributed by atoms with Gasteiger partial charge < -0.3 is 9.72 Å². The molecule has 1 heterocycles. The van der Waals surface area contributed by atoms with Gasteiger partial charge in [0.1, 0.15) is 5.82 Å². The van der Waals surface area contributed by atoms with Crippen molar-refractivity contribution in [3.05, 3.63) is 29.6 Å². The number of imidazole rings is 1. The Bertz CT molecular complexity index is 702. The molecule has 4 nitrogen and oxygen atoms in total. The molecule has 1 aliphatic carbocycles. The molecule has 0 radical (unpaired) electrons. The van der Waals surface area contributed by atoms with Gasteiger partial charge in [-0.05, 0) is 48.8 Å². The molecule has 1 fully saturated rings. The highest BCUT2D eigenvalue weighted by molar-refractivity contribution is 5.93. The molecule has 0 bridgehead atoms. The molecule has 1 aromatic heterocycles. The Morgan fingerprint density at radius 3 is 2.82 bits per heavy atom. The molecular formula is C18H24N2O2. The van der Waals surface area contributed by atoms with E-state index in [2.05, 4.69) is 25.8 Å². The lowest BCUT2D eigenvalue weighted by molar-refractivity contribution is 0.0601. The summed E-state index contributed by atoms with van der Waals surface area (Å²) in [6.45, 7) is 7.01. The molecule has 3 rings (SSSR count). The molecule has 0 saturated heterocycles. The van der Waals surface area contributed by atoms with E-state index in [9.17, 15) is 4.79 Å². The first-order valence-corrected chi connectivity index (χ1v) is 7.96. The van der Waals surface area contributed by atoms with E-state index in [4.69, 9.17) is 9.72 Å². The smallest absolute Gasteiger partial charge is 0.337 e. The van der Waals surface area contributed by atoms with E-state index in [-0.39, 0.29) is 5.97 Å². The minimum absolute atomic E-state index is 0.320. The van der Waals surface area contributed by atoms with Gasteiger partial charge in [0.25, 0.3) is 0 Å². The van der Waals surface area contributed by atoms with E-state index in [0.29, 0.717) is 22.8 Å². The maximum absolute atomic E-state index is 11.6. The molecular weight excluding hydrogens is 276 g/mol. The number of fused-ring (bicyclic) bond motifs is 1. The highest BCUT2D eigenvalue weighted by Gasteiger charge is 2.34. The van der Waals surface area contributed by atoms with Gasteiger partial charge in [-0.1, -0.05) is 20.8 Å². The zero-order chi connectivity index (χ0) is 15.9. The number of aromatic nitrogens is 2. The Kier molecular flexibility index (Phi) is 3.71. The Hall–Kier alpha value is -1.84. The number of H-pyrrole nitrogens is 1. The van der Waals surface area contributed by atoms with Crippen molar-refractivity contribution in [1.82, 2.24) is 9.97 Å². The Labute approximate surface area is 131 Å². The fourth-order valence-electron chi connectivity index (χ4n) is 4.02. The van der Waals surface area contributed by atoms with Crippen molar-refractivity contribution in [3.8, 4) is 0 Å². The van der Waals surface area contributed by atoms with Crippen molar-refractivity contribution >= 4 is 17.0 Å². The summed E-state index contributed by atoms with van der Waals surface area (Å²) in [5.74, 6) is 1.91. The number of rotatable bonds is 2. The summed E-state index contributed by atoms with van der Waals surface area (Å²) in [5, 5.41) is 0. The van der Waals surface area contributed by atoms with Crippen LogP contribution in [0.2, 0.25) is 0 Å². The SMILES string of the molecule is COC(=O)c1ccc2[nH]c([C@H]3C[C@@H](C)CC(C)(C)C3)nc2c1. The first-order chi connectivity index (χ1) is 10.4. The van der Waals surface area contributed by atoms with Gasteiger partial charge in [-0.15, -0.1) is 0 Å². The number of methoxy groups -OCH3 is 1. The number of ether oxygens (including phenoxy) is 1. The highest BCUT2D eigenvalue weighted by atomic mass is 16.5. The number of carbonyl (C=O) groups is 1. The second-order valence-electron chi connectivity index (χ2n) is 7.46. The summed E-state index contributed by atoms with van der Waals surface area (Å²) in [7, 11) is 1.40. The number of nitrogens with zero attached hydrogens (tertiary/aromatic N) is 1. The number of aromatic amines is 1. The number of esters is 1. The first kappa shape index (κ1) is 15.1. The fraction of sp³-hybridized carbons (Fsp3) is 0.556. The Morgan fingerprint density at radius 2 is 2.14 bits per heavy atom. The molecule has 0 aliphatic heterocycles. The molecule has 0 unspecified atom stereocenters. The van der Waals surface area contributed by atoms with Gasteiger partial charge in [0.05, 0.1) is 23.7 Å². The van der Waals surface area contributed by atoms with E-state index in [1.807, 2.05) is 6.07 Å². The molecule has 22 heavy (non-hydrogen) atoms. The Balaban J connectivity index is 1.93. The zero-order valence-corrected chi connectivity index (χ0v) is 13.8. The third-order valence-corrected chi connectivity index (χ3v) is 4.70. The molecule has 0 spiro atoms. The Morgan fingerprint density at radius 1 is 1.36 bits per heavy atom. The predicted molar refractivity (Wildman–Crippen MR) is 87.0 cm³/mol. The van der Waals surface area contributed by atoms with Crippen molar-refractivity contribution in [2.75, 3.05) is 7.11 Å². The van der Waals surface area contributed by atoms with Crippen molar-refractivity contribution in [3.63, 3.8) is 0 Å². The van der Waals surface area contributed by atoms with Crippen LogP contribution in [0, 0.1) is 11.3 Å². The summed E-state index contributed by atoms with van der Waals surface area (Å²) >= 11 is 0. The number of hydrogen-bond acceptors (Lipinski definition) is 3. The van der Waals surface area contributed by atoms with Gasteiger partial charge in [0.15, 0.2) is 0 Å². The van der Waals surface area contributed by atoms with Crippen LogP contribution in [0.4, 0.5) is 0 Å². The van der Waals surface area contributed by atoms with Gasteiger partial charge in [-0.2, -0.15) is 0 Å². The second kappa shape index (κ2) is 5.41. The lowest BCUT2D eigenvalue weighted by atomic mass is 9.68. The van der Waals surface area contributed by atoms with Crippen molar-refractivity contribution < 1.29 is 9.53 Å². The van der Waals surface area contributed by atoms with Crippen LogP contribution < -0.4 is 0 Å². The van der Waals surface area contributed by atoms with Gasteiger partial charge in [0, 0.05) is 5.92 Å².